The van der Waals surface area contributed by atoms with Crippen LogP contribution in [0.15, 0.2) is 48.5 Å². The molecule has 0 aliphatic heterocycles. The first-order valence-electron chi connectivity index (χ1n) is 8.17. The van der Waals surface area contributed by atoms with Crippen molar-refractivity contribution >= 4 is 38.3 Å². The SMILES string of the molecule is COC(=O)c1c(NC(=O)c2ccc(OC(C)C)cc2)sc2ccccc12. The molecule has 0 bridgehead atoms. The summed E-state index contributed by atoms with van der Waals surface area (Å²) >= 11 is 1.34. The Morgan fingerprint density at radius 2 is 1.73 bits per heavy atom. The van der Waals surface area contributed by atoms with Crippen LogP contribution in [0.25, 0.3) is 10.1 Å². The van der Waals surface area contributed by atoms with Gasteiger partial charge >= 0.3 is 5.97 Å². The number of carbonyl (C=O) groups excluding carboxylic acids is 2. The first-order valence-corrected chi connectivity index (χ1v) is 8.99. The standard InChI is InChI=1S/C20H19NO4S/c1-12(2)25-14-10-8-13(9-11-14)18(22)21-19-17(20(23)24-3)15-6-4-5-7-16(15)26-19/h4-12H,1-3H3,(H,21,22). The minimum Gasteiger partial charge on any atom is -0.491 e. The number of fused-ring (bicyclic) bond motifs is 1. The predicted molar refractivity (Wildman–Crippen MR) is 103 cm³/mol. The second kappa shape index (κ2) is 7.58. The van der Waals surface area contributed by atoms with Crippen LogP contribution < -0.4 is 10.1 Å². The molecule has 0 atom stereocenters. The zero-order valence-corrected chi connectivity index (χ0v) is 15.6. The van der Waals surface area contributed by atoms with Crippen molar-refractivity contribution in [3.63, 3.8) is 0 Å². The Balaban J connectivity index is 1.88. The summed E-state index contributed by atoms with van der Waals surface area (Å²) in [6.07, 6.45) is 0.0656. The van der Waals surface area contributed by atoms with Gasteiger partial charge in [0.15, 0.2) is 0 Å². The molecule has 0 saturated heterocycles. The van der Waals surface area contributed by atoms with E-state index in [-0.39, 0.29) is 12.0 Å². The Labute approximate surface area is 155 Å². The molecule has 3 aromatic rings. The molecule has 5 nitrogen and oxygen atoms in total. The zero-order valence-electron chi connectivity index (χ0n) is 14.7. The Hall–Kier alpha value is -2.86. The van der Waals surface area contributed by atoms with E-state index in [0.29, 0.717) is 21.9 Å². The van der Waals surface area contributed by atoms with Crippen LogP contribution in [0.5, 0.6) is 5.75 Å². The Bertz CT molecular complexity index is 944. The minimum atomic E-state index is -0.474. The molecule has 1 amide bonds. The maximum absolute atomic E-state index is 12.6. The van der Waals surface area contributed by atoms with Crippen molar-refractivity contribution in [2.24, 2.45) is 0 Å². The quantitative estimate of drug-likeness (QED) is 0.661. The van der Waals surface area contributed by atoms with E-state index in [2.05, 4.69) is 5.32 Å². The molecule has 0 unspecified atom stereocenters. The molecule has 26 heavy (non-hydrogen) atoms. The lowest BCUT2D eigenvalue weighted by molar-refractivity contribution is 0.0604. The molecule has 0 aliphatic rings. The van der Waals surface area contributed by atoms with Gasteiger partial charge in [-0.15, -0.1) is 11.3 Å². The first kappa shape index (κ1) is 17.9. The van der Waals surface area contributed by atoms with Gasteiger partial charge in [0.2, 0.25) is 0 Å². The van der Waals surface area contributed by atoms with E-state index >= 15 is 0 Å². The van der Waals surface area contributed by atoms with E-state index in [9.17, 15) is 9.59 Å². The van der Waals surface area contributed by atoms with Crippen molar-refractivity contribution in [3.8, 4) is 5.75 Å². The van der Waals surface area contributed by atoms with Gasteiger partial charge in [-0.25, -0.2) is 4.79 Å². The monoisotopic (exact) mass is 369 g/mol. The van der Waals surface area contributed by atoms with Crippen LogP contribution >= 0.6 is 11.3 Å². The maximum atomic E-state index is 12.6. The average molecular weight is 369 g/mol. The lowest BCUT2D eigenvalue weighted by Gasteiger charge is -2.10. The van der Waals surface area contributed by atoms with Gasteiger partial charge in [-0.1, -0.05) is 18.2 Å². The second-order valence-electron chi connectivity index (χ2n) is 5.94. The Kier molecular flexibility index (Phi) is 5.23. The minimum absolute atomic E-state index is 0.0656. The third kappa shape index (κ3) is 3.70. The van der Waals surface area contributed by atoms with E-state index in [4.69, 9.17) is 9.47 Å². The maximum Gasteiger partial charge on any atom is 0.341 e. The topological polar surface area (TPSA) is 64.6 Å². The molecule has 0 radical (unpaired) electrons. The van der Waals surface area contributed by atoms with Gasteiger partial charge in [-0.2, -0.15) is 0 Å². The van der Waals surface area contributed by atoms with Gasteiger partial charge in [0.25, 0.3) is 5.91 Å². The second-order valence-corrected chi connectivity index (χ2v) is 6.99. The fraction of sp³-hybridized carbons (Fsp3) is 0.200. The van der Waals surface area contributed by atoms with Crippen molar-refractivity contribution in [1.82, 2.24) is 0 Å². The molecule has 134 valence electrons. The number of nitrogens with one attached hydrogen (secondary N) is 1. The van der Waals surface area contributed by atoms with Crippen molar-refractivity contribution in [2.45, 2.75) is 20.0 Å². The van der Waals surface area contributed by atoms with Crippen molar-refractivity contribution in [2.75, 3.05) is 12.4 Å². The first-order chi connectivity index (χ1) is 12.5. The van der Waals surface area contributed by atoms with Crippen molar-refractivity contribution in [3.05, 3.63) is 59.7 Å². The van der Waals surface area contributed by atoms with Crippen LogP contribution in [-0.2, 0) is 4.74 Å². The predicted octanol–water partition coefficient (Wildman–Crippen LogP) is 4.73. The molecule has 0 saturated carbocycles. The van der Waals surface area contributed by atoms with Gasteiger partial charge < -0.3 is 14.8 Å². The fourth-order valence-electron chi connectivity index (χ4n) is 2.57. The summed E-state index contributed by atoms with van der Waals surface area (Å²) < 4.78 is 11.4. The number of benzene rings is 2. The molecule has 1 heterocycles. The van der Waals surface area contributed by atoms with E-state index < -0.39 is 5.97 Å². The lowest BCUT2D eigenvalue weighted by atomic mass is 10.1. The zero-order chi connectivity index (χ0) is 18.7. The number of ether oxygens (including phenoxy) is 2. The third-order valence-electron chi connectivity index (χ3n) is 3.70. The van der Waals surface area contributed by atoms with Gasteiger partial charge in [-0.3, -0.25) is 4.79 Å². The molecule has 6 heteroatoms. The number of anilines is 1. The van der Waals surface area contributed by atoms with Crippen LogP contribution in [0.3, 0.4) is 0 Å². The highest BCUT2D eigenvalue weighted by molar-refractivity contribution is 7.23. The molecule has 2 aromatic carbocycles. The average Bonchev–Trinajstić information content (AvgIpc) is 2.99. The fourth-order valence-corrected chi connectivity index (χ4v) is 3.66. The highest BCUT2D eigenvalue weighted by atomic mass is 32.1. The molecule has 3 rings (SSSR count). The Morgan fingerprint density at radius 3 is 2.38 bits per heavy atom. The number of methoxy groups -OCH3 is 1. The van der Waals surface area contributed by atoms with Gasteiger partial charge in [-0.05, 0) is 44.2 Å². The molecule has 0 fully saturated rings. The molecule has 1 N–H and O–H groups in total. The molecule has 0 spiro atoms. The number of esters is 1. The summed E-state index contributed by atoms with van der Waals surface area (Å²) in [5.41, 5.74) is 0.857. The van der Waals surface area contributed by atoms with Gasteiger partial charge in [0.1, 0.15) is 16.3 Å². The van der Waals surface area contributed by atoms with Gasteiger partial charge in [0.05, 0.1) is 13.2 Å². The highest BCUT2D eigenvalue weighted by Gasteiger charge is 2.21. The number of hydrogen-bond acceptors (Lipinski definition) is 5. The molecule has 1 aromatic heterocycles. The molecular formula is C20H19NO4S. The summed E-state index contributed by atoms with van der Waals surface area (Å²) in [6, 6.07) is 14.4. The number of carbonyl (C=O) groups is 2. The van der Waals surface area contributed by atoms with E-state index in [1.807, 2.05) is 38.1 Å². The van der Waals surface area contributed by atoms with E-state index in [1.165, 1.54) is 18.4 Å². The molecular weight excluding hydrogens is 350 g/mol. The number of amides is 1. The summed E-state index contributed by atoms with van der Waals surface area (Å²) in [5, 5.41) is 4.07. The van der Waals surface area contributed by atoms with E-state index in [0.717, 1.165) is 10.1 Å². The normalized spacial score (nSPS) is 10.8. The third-order valence-corrected chi connectivity index (χ3v) is 4.79. The highest BCUT2D eigenvalue weighted by Crippen LogP contribution is 2.36. The number of thiophene rings is 1. The van der Waals surface area contributed by atoms with Crippen LogP contribution in [-0.4, -0.2) is 25.1 Å². The summed E-state index contributed by atoms with van der Waals surface area (Å²) in [5.74, 6) is -0.0649. The van der Waals surface area contributed by atoms with Crippen LogP contribution in [0.4, 0.5) is 5.00 Å². The lowest BCUT2D eigenvalue weighted by Crippen LogP contribution is -2.14. The van der Waals surface area contributed by atoms with Crippen LogP contribution in [0, 0.1) is 0 Å². The Morgan fingerprint density at radius 1 is 1.04 bits per heavy atom. The van der Waals surface area contributed by atoms with Crippen LogP contribution in [0.1, 0.15) is 34.6 Å². The summed E-state index contributed by atoms with van der Waals surface area (Å²) in [6.45, 7) is 3.88. The van der Waals surface area contributed by atoms with E-state index in [1.54, 1.807) is 24.3 Å². The van der Waals surface area contributed by atoms with Crippen LogP contribution in [0.2, 0.25) is 0 Å². The number of hydrogen-bond donors (Lipinski definition) is 1. The summed E-state index contributed by atoms with van der Waals surface area (Å²) in [7, 11) is 1.33. The van der Waals surface area contributed by atoms with Crippen molar-refractivity contribution in [1.29, 1.82) is 0 Å². The summed E-state index contributed by atoms with van der Waals surface area (Å²) in [4.78, 5) is 24.8. The largest absolute Gasteiger partial charge is 0.491 e. The number of rotatable bonds is 5. The van der Waals surface area contributed by atoms with Gasteiger partial charge in [0, 0.05) is 15.6 Å². The smallest absolute Gasteiger partial charge is 0.341 e. The molecule has 0 aliphatic carbocycles. The van der Waals surface area contributed by atoms with Crippen molar-refractivity contribution < 1.29 is 19.1 Å².